The van der Waals surface area contributed by atoms with Crippen molar-refractivity contribution in [2.45, 2.75) is 38.6 Å². The fraction of sp³-hybridized carbons (Fsp3) is 0.700. The average molecular weight is 234 g/mol. The third-order valence-electron chi connectivity index (χ3n) is 3.00. The Morgan fingerprint density at radius 1 is 1.56 bits per heavy atom. The van der Waals surface area contributed by atoms with Crippen LogP contribution in [0, 0.1) is 5.92 Å². The molecule has 16 heavy (non-hydrogen) atoms. The normalized spacial score (nSPS) is 18.8. The molecule has 1 aliphatic rings. The molecular weight excluding hydrogens is 221 g/mol. The van der Waals surface area contributed by atoms with Gasteiger partial charge in [-0.25, -0.2) is 0 Å². The van der Waals surface area contributed by atoms with Gasteiger partial charge in [-0.2, -0.15) is 18.3 Å². The van der Waals surface area contributed by atoms with Gasteiger partial charge in [-0.05, 0) is 25.7 Å². The Kier molecular flexibility index (Phi) is 2.69. The molecule has 0 aliphatic heterocycles. The van der Waals surface area contributed by atoms with E-state index in [1.165, 1.54) is 0 Å². The molecule has 1 aliphatic carbocycles. The van der Waals surface area contributed by atoms with Gasteiger partial charge in [-0.3, -0.25) is 4.68 Å². The van der Waals surface area contributed by atoms with Crippen LogP contribution in [0.15, 0.2) is 6.20 Å². The van der Waals surface area contributed by atoms with Crippen LogP contribution in [0.25, 0.3) is 0 Å². The minimum absolute atomic E-state index is 0.153. The van der Waals surface area contributed by atoms with Gasteiger partial charge in [0.05, 0.1) is 18.8 Å². The highest BCUT2D eigenvalue weighted by Gasteiger charge is 2.41. The molecule has 1 fully saturated rings. The van der Waals surface area contributed by atoms with Crippen LogP contribution in [0.3, 0.4) is 0 Å². The second kappa shape index (κ2) is 3.76. The molecule has 0 spiro atoms. The van der Waals surface area contributed by atoms with Gasteiger partial charge in [0, 0.05) is 5.56 Å². The fourth-order valence-corrected chi connectivity index (χ4v) is 1.91. The van der Waals surface area contributed by atoms with Crippen LogP contribution < -0.4 is 0 Å². The van der Waals surface area contributed by atoms with Crippen molar-refractivity contribution in [3.63, 3.8) is 0 Å². The number of aliphatic hydroxyl groups excluding tert-OH is 1. The number of aliphatic hydroxyl groups is 1. The molecule has 1 atom stereocenters. The number of aromatic nitrogens is 2. The summed E-state index contributed by atoms with van der Waals surface area (Å²) < 4.78 is 39.4. The molecule has 3 nitrogen and oxygen atoms in total. The number of halogens is 3. The van der Waals surface area contributed by atoms with E-state index in [-0.39, 0.29) is 17.5 Å². The van der Waals surface area contributed by atoms with Crippen molar-refractivity contribution in [2.24, 2.45) is 5.92 Å². The molecule has 6 heteroatoms. The van der Waals surface area contributed by atoms with Crippen molar-refractivity contribution in [3.05, 3.63) is 17.5 Å². The third kappa shape index (κ3) is 1.93. The molecule has 0 radical (unpaired) electrons. The van der Waals surface area contributed by atoms with Crippen molar-refractivity contribution < 1.29 is 18.3 Å². The lowest BCUT2D eigenvalue weighted by molar-refractivity contribution is -0.146. The zero-order valence-electron chi connectivity index (χ0n) is 8.83. The summed E-state index contributed by atoms with van der Waals surface area (Å²) in [5.41, 5.74) is -0.964. The Bertz CT molecular complexity index is 382. The highest BCUT2D eigenvalue weighted by atomic mass is 19.4. The van der Waals surface area contributed by atoms with Crippen molar-refractivity contribution in [1.82, 2.24) is 9.78 Å². The summed E-state index contributed by atoms with van der Waals surface area (Å²) in [5.74, 6) is 0.285. The molecule has 0 saturated heterocycles. The van der Waals surface area contributed by atoms with Crippen LogP contribution in [0.2, 0.25) is 0 Å². The minimum atomic E-state index is -4.46. The first-order chi connectivity index (χ1) is 7.45. The Hall–Kier alpha value is -1.04. The summed E-state index contributed by atoms with van der Waals surface area (Å²) >= 11 is 0. The van der Waals surface area contributed by atoms with Crippen LogP contribution in [0.1, 0.15) is 37.1 Å². The van der Waals surface area contributed by atoms with E-state index in [9.17, 15) is 13.2 Å². The van der Waals surface area contributed by atoms with E-state index in [1.807, 2.05) is 0 Å². The van der Waals surface area contributed by atoms with Crippen molar-refractivity contribution in [2.75, 3.05) is 0 Å². The number of alkyl halides is 3. The molecule has 1 saturated carbocycles. The van der Waals surface area contributed by atoms with Gasteiger partial charge in [0.1, 0.15) is 5.69 Å². The summed E-state index contributed by atoms with van der Waals surface area (Å²) in [5, 5.41) is 12.6. The van der Waals surface area contributed by atoms with Gasteiger partial charge >= 0.3 is 6.18 Å². The van der Waals surface area contributed by atoms with Crippen LogP contribution in [-0.4, -0.2) is 14.9 Å². The maximum Gasteiger partial charge on any atom is 0.433 e. The molecule has 0 aromatic carbocycles. The lowest BCUT2D eigenvalue weighted by atomic mass is 10.2. The standard InChI is InChI=1S/C10H13F3N2O/c1-6(7-2-3-7)15-9(10(11,12)13)8(5-16)4-14-15/h4,6-7,16H,2-3,5H2,1H3. The Morgan fingerprint density at radius 3 is 2.62 bits per heavy atom. The Balaban J connectivity index is 2.40. The Labute approximate surface area is 90.9 Å². The topological polar surface area (TPSA) is 38.0 Å². The average Bonchev–Trinajstić information content (AvgIpc) is 2.93. The van der Waals surface area contributed by atoms with E-state index in [4.69, 9.17) is 5.11 Å². The van der Waals surface area contributed by atoms with Gasteiger partial charge in [0.25, 0.3) is 0 Å². The molecule has 0 bridgehead atoms. The number of hydrogen-bond donors (Lipinski definition) is 1. The summed E-state index contributed by atoms with van der Waals surface area (Å²) in [6.07, 6.45) is -1.46. The number of rotatable bonds is 3. The van der Waals surface area contributed by atoms with E-state index in [2.05, 4.69) is 5.10 Å². The zero-order valence-corrected chi connectivity index (χ0v) is 8.83. The van der Waals surface area contributed by atoms with Crippen LogP contribution in [0.4, 0.5) is 13.2 Å². The van der Waals surface area contributed by atoms with E-state index in [0.717, 1.165) is 23.7 Å². The Morgan fingerprint density at radius 2 is 2.19 bits per heavy atom. The van der Waals surface area contributed by atoms with Gasteiger partial charge in [-0.1, -0.05) is 0 Å². The monoisotopic (exact) mass is 234 g/mol. The highest BCUT2D eigenvalue weighted by molar-refractivity contribution is 5.21. The first-order valence-electron chi connectivity index (χ1n) is 5.19. The zero-order chi connectivity index (χ0) is 11.9. The summed E-state index contributed by atoms with van der Waals surface area (Å²) in [6, 6.07) is -0.253. The van der Waals surface area contributed by atoms with Crippen LogP contribution in [-0.2, 0) is 12.8 Å². The minimum Gasteiger partial charge on any atom is -0.392 e. The van der Waals surface area contributed by atoms with Crippen molar-refractivity contribution >= 4 is 0 Å². The van der Waals surface area contributed by atoms with Gasteiger partial charge in [-0.15, -0.1) is 0 Å². The van der Waals surface area contributed by atoms with Crippen LogP contribution >= 0.6 is 0 Å². The summed E-state index contributed by atoms with van der Waals surface area (Å²) in [6.45, 7) is 1.10. The van der Waals surface area contributed by atoms with E-state index in [0.29, 0.717) is 0 Å². The molecule has 1 aromatic rings. The molecular formula is C10H13F3N2O. The molecule has 1 heterocycles. The van der Waals surface area contributed by atoms with E-state index >= 15 is 0 Å². The van der Waals surface area contributed by atoms with Crippen molar-refractivity contribution in [1.29, 1.82) is 0 Å². The molecule has 1 aromatic heterocycles. The molecule has 90 valence electrons. The maximum atomic E-state index is 12.8. The van der Waals surface area contributed by atoms with Gasteiger partial charge in [0.15, 0.2) is 0 Å². The predicted molar refractivity (Wildman–Crippen MR) is 50.6 cm³/mol. The maximum absolute atomic E-state index is 12.8. The summed E-state index contributed by atoms with van der Waals surface area (Å²) in [4.78, 5) is 0. The second-order valence-corrected chi connectivity index (χ2v) is 4.20. The molecule has 1 N–H and O–H groups in total. The molecule has 0 amide bonds. The van der Waals surface area contributed by atoms with Crippen LogP contribution in [0.5, 0.6) is 0 Å². The quantitative estimate of drug-likeness (QED) is 0.871. The second-order valence-electron chi connectivity index (χ2n) is 4.20. The lowest BCUT2D eigenvalue weighted by Crippen LogP contribution is -2.20. The smallest absolute Gasteiger partial charge is 0.392 e. The van der Waals surface area contributed by atoms with E-state index in [1.54, 1.807) is 6.92 Å². The first-order valence-corrected chi connectivity index (χ1v) is 5.19. The lowest BCUT2D eigenvalue weighted by Gasteiger charge is -2.17. The largest absolute Gasteiger partial charge is 0.433 e. The SMILES string of the molecule is CC(C1CC1)n1ncc(CO)c1C(F)(F)F. The molecule has 1 unspecified atom stereocenters. The van der Waals surface area contributed by atoms with E-state index < -0.39 is 18.5 Å². The van der Waals surface area contributed by atoms with Gasteiger partial charge in [0.2, 0.25) is 0 Å². The highest BCUT2D eigenvalue weighted by Crippen LogP contribution is 2.42. The first kappa shape index (κ1) is 11.4. The van der Waals surface area contributed by atoms with Crippen molar-refractivity contribution in [3.8, 4) is 0 Å². The predicted octanol–water partition coefficient (Wildman–Crippen LogP) is 2.37. The number of nitrogens with zero attached hydrogens (tertiary/aromatic N) is 2. The number of hydrogen-bond acceptors (Lipinski definition) is 2. The van der Waals surface area contributed by atoms with Gasteiger partial charge < -0.3 is 5.11 Å². The fourth-order valence-electron chi connectivity index (χ4n) is 1.91. The summed E-state index contributed by atoms with van der Waals surface area (Å²) in [7, 11) is 0. The molecule has 2 rings (SSSR count). The third-order valence-corrected chi connectivity index (χ3v) is 3.00.